The number of aliphatic carboxylic acids is 1. The van der Waals surface area contributed by atoms with E-state index in [4.69, 9.17) is 18.9 Å². The minimum absolute atomic E-state index is 0.135. The molecule has 0 bridgehead atoms. The fourth-order valence-electron chi connectivity index (χ4n) is 7.14. The summed E-state index contributed by atoms with van der Waals surface area (Å²) in [7, 11) is 5.90. The van der Waals surface area contributed by atoms with E-state index in [0.29, 0.717) is 17.4 Å². The van der Waals surface area contributed by atoms with Crippen LogP contribution in [0.15, 0.2) is 97.2 Å². The number of carbonyl (C=O) groups is 3. The van der Waals surface area contributed by atoms with Gasteiger partial charge in [-0.1, -0.05) is 214 Å². The van der Waals surface area contributed by atoms with Gasteiger partial charge in [-0.25, -0.2) is 0 Å². The van der Waals surface area contributed by atoms with Crippen LogP contribution in [0.3, 0.4) is 0 Å². The summed E-state index contributed by atoms with van der Waals surface area (Å²) in [5.41, 5.74) is 0. The van der Waals surface area contributed by atoms with Gasteiger partial charge in [0.25, 0.3) is 0 Å². The maximum Gasteiger partial charge on any atom is 0.306 e. The second-order valence-corrected chi connectivity index (χ2v) is 19.1. The SMILES string of the molecule is CC/C=C\C/C=C\C/C=C\C/C=C\C/C=C\C/C=C\C/C=C\C/C=C\CCCCC(=O)OC(COC(=O)CCCCCCCCCCCCCCCCCCC)COC(OCC[N+](C)(C)C)C(=O)[O-]. The van der Waals surface area contributed by atoms with Crippen LogP contribution in [0, 0.1) is 0 Å². The van der Waals surface area contributed by atoms with Crippen LogP contribution in [0.5, 0.6) is 0 Å². The van der Waals surface area contributed by atoms with Crippen molar-refractivity contribution in [3.63, 3.8) is 0 Å². The van der Waals surface area contributed by atoms with Crippen LogP contribution in [0.1, 0.15) is 206 Å². The van der Waals surface area contributed by atoms with Crippen LogP contribution in [0.25, 0.3) is 0 Å². The van der Waals surface area contributed by atoms with Crippen molar-refractivity contribution >= 4 is 17.9 Å². The summed E-state index contributed by atoms with van der Waals surface area (Å²) < 4.78 is 22.6. The van der Waals surface area contributed by atoms with E-state index >= 15 is 0 Å². The number of ether oxygens (including phenoxy) is 4. The fourth-order valence-corrected chi connectivity index (χ4v) is 7.14. The zero-order valence-electron chi connectivity index (χ0n) is 44.6. The first-order chi connectivity index (χ1) is 33.6. The third-order valence-corrected chi connectivity index (χ3v) is 11.3. The van der Waals surface area contributed by atoms with Gasteiger partial charge < -0.3 is 33.3 Å². The van der Waals surface area contributed by atoms with Gasteiger partial charge in [0.2, 0.25) is 0 Å². The molecule has 69 heavy (non-hydrogen) atoms. The van der Waals surface area contributed by atoms with Crippen molar-refractivity contribution in [3.05, 3.63) is 97.2 Å². The summed E-state index contributed by atoms with van der Waals surface area (Å²) in [6, 6.07) is 0. The molecule has 0 rings (SSSR count). The largest absolute Gasteiger partial charge is 0.545 e. The van der Waals surface area contributed by atoms with Gasteiger partial charge >= 0.3 is 11.9 Å². The highest BCUT2D eigenvalue weighted by molar-refractivity contribution is 5.70. The summed E-state index contributed by atoms with van der Waals surface area (Å²) in [5.74, 6) is -2.35. The van der Waals surface area contributed by atoms with Gasteiger partial charge in [-0.05, 0) is 77.0 Å². The number of esters is 2. The second-order valence-electron chi connectivity index (χ2n) is 19.1. The van der Waals surface area contributed by atoms with E-state index in [9.17, 15) is 19.5 Å². The van der Waals surface area contributed by atoms with Gasteiger partial charge in [0, 0.05) is 12.8 Å². The number of quaternary nitrogens is 1. The molecule has 2 atom stereocenters. The summed E-state index contributed by atoms with van der Waals surface area (Å²) in [4.78, 5) is 37.2. The molecule has 0 radical (unpaired) electrons. The predicted molar refractivity (Wildman–Crippen MR) is 287 cm³/mol. The van der Waals surface area contributed by atoms with Gasteiger partial charge in [-0.3, -0.25) is 9.59 Å². The number of rotatable bonds is 49. The number of allylic oxidation sites excluding steroid dienone is 16. The molecular weight excluding hydrogens is 863 g/mol. The quantitative estimate of drug-likeness (QED) is 0.0195. The molecule has 0 amide bonds. The molecule has 0 aromatic heterocycles. The number of nitrogens with zero attached hydrogens (tertiary/aromatic N) is 1. The van der Waals surface area contributed by atoms with E-state index in [1.807, 2.05) is 21.1 Å². The van der Waals surface area contributed by atoms with Crippen LogP contribution in [0.2, 0.25) is 0 Å². The normalized spacial score (nSPS) is 13.6. The van der Waals surface area contributed by atoms with Crippen LogP contribution in [-0.2, 0) is 33.3 Å². The number of carbonyl (C=O) groups excluding carboxylic acids is 3. The van der Waals surface area contributed by atoms with E-state index in [2.05, 4.69) is 111 Å². The molecule has 9 nitrogen and oxygen atoms in total. The van der Waals surface area contributed by atoms with Crippen LogP contribution < -0.4 is 5.11 Å². The summed E-state index contributed by atoms with van der Waals surface area (Å²) >= 11 is 0. The lowest BCUT2D eigenvalue weighted by Crippen LogP contribution is -2.44. The van der Waals surface area contributed by atoms with Crippen molar-refractivity contribution in [1.29, 1.82) is 0 Å². The molecule has 0 aliphatic rings. The van der Waals surface area contributed by atoms with Gasteiger partial charge in [0.05, 0.1) is 40.3 Å². The Morgan fingerprint density at radius 1 is 0.449 bits per heavy atom. The van der Waals surface area contributed by atoms with Crippen LogP contribution in [-0.4, -0.2) is 82.3 Å². The van der Waals surface area contributed by atoms with Crippen molar-refractivity contribution in [2.24, 2.45) is 0 Å². The maximum atomic E-state index is 12.8. The minimum Gasteiger partial charge on any atom is -0.545 e. The monoisotopic (exact) mass is 964 g/mol. The zero-order chi connectivity index (χ0) is 50.6. The van der Waals surface area contributed by atoms with Crippen molar-refractivity contribution in [3.8, 4) is 0 Å². The molecule has 0 aromatic carbocycles. The molecule has 0 heterocycles. The molecule has 9 heteroatoms. The first kappa shape index (κ1) is 65.2. The Labute approximate surface area is 422 Å². The molecule has 394 valence electrons. The Morgan fingerprint density at radius 3 is 1.23 bits per heavy atom. The topological polar surface area (TPSA) is 111 Å². The second kappa shape index (κ2) is 50.6. The molecular formula is C60H101NO8. The van der Waals surface area contributed by atoms with Gasteiger partial charge in [0.15, 0.2) is 12.4 Å². The van der Waals surface area contributed by atoms with Crippen LogP contribution >= 0.6 is 0 Å². The Kier molecular flexibility index (Phi) is 47.8. The lowest BCUT2D eigenvalue weighted by molar-refractivity contribution is -0.870. The zero-order valence-corrected chi connectivity index (χ0v) is 44.6. The van der Waals surface area contributed by atoms with Crippen LogP contribution in [0.4, 0.5) is 0 Å². The molecule has 0 spiro atoms. The van der Waals surface area contributed by atoms with Crippen molar-refractivity contribution < 1.29 is 42.9 Å². The van der Waals surface area contributed by atoms with E-state index in [1.165, 1.54) is 89.9 Å². The highest BCUT2D eigenvalue weighted by atomic mass is 16.7. The van der Waals surface area contributed by atoms with E-state index in [-0.39, 0.29) is 38.6 Å². The molecule has 0 aliphatic heterocycles. The van der Waals surface area contributed by atoms with Gasteiger partial charge in [-0.15, -0.1) is 0 Å². The third kappa shape index (κ3) is 51.9. The highest BCUT2D eigenvalue weighted by Gasteiger charge is 2.21. The average Bonchev–Trinajstić information content (AvgIpc) is 3.31. The lowest BCUT2D eigenvalue weighted by atomic mass is 10.0. The minimum atomic E-state index is -1.64. The first-order valence-electron chi connectivity index (χ1n) is 27.4. The Hall–Kier alpha value is -3.79. The van der Waals surface area contributed by atoms with Gasteiger partial charge in [0.1, 0.15) is 13.2 Å². The number of carboxylic acid groups (broad SMARTS) is 1. The predicted octanol–water partition coefficient (Wildman–Crippen LogP) is 14.4. The number of likely N-dealkylation sites (N-methyl/N-ethyl adjacent to an activating group) is 1. The molecule has 0 saturated heterocycles. The maximum absolute atomic E-state index is 12.8. The van der Waals surface area contributed by atoms with Crippen molar-refractivity contribution in [2.45, 2.75) is 219 Å². The van der Waals surface area contributed by atoms with Crippen molar-refractivity contribution in [1.82, 2.24) is 0 Å². The first-order valence-corrected chi connectivity index (χ1v) is 27.4. The van der Waals surface area contributed by atoms with E-state index in [1.54, 1.807) is 0 Å². The average molecular weight is 964 g/mol. The number of carboxylic acids is 1. The third-order valence-electron chi connectivity index (χ3n) is 11.3. The number of unbranched alkanes of at least 4 members (excludes halogenated alkanes) is 18. The molecule has 0 aromatic rings. The Bertz CT molecular complexity index is 1450. The molecule has 0 N–H and O–H groups in total. The van der Waals surface area contributed by atoms with Gasteiger partial charge in [-0.2, -0.15) is 0 Å². The highest BCUT2D eigenvalue weighted by Crippen LogP contribution is 2.15. The van der Waals surface area contributed by atoms with Crippen molar-refractivity contribution in [2.75, 3.05) is 47.5 Å². The molecule has 0 fully saturated rings. The number of hydrogen-bond acceptors (Lipinski definition) is 8. The lowest BCUT2D eigenvalue weighted by Gasteiger charge is -2.26. The number of hydrogen-bond donors (Lipinski definition) is 0. The van der Waals surface area contributed by atoms with E-state index in [0.717, 1.165) is 83.5 Å². The van der Waals surface area contributed by atoms with E-state index < -0.39 is 24.3 Å². The summed E-state index contributed by atoms with van der Waals surface area (Å²) in [5, 5.41) is 11.8. The Morgan fingerprint density at radius 2 is 0.826 bits per heavy atom. The molecule has 0 aliphatic carbocycles. The summed E-state index contributed by atoms with van der Waals surface area (Å²) in [6.45, 7) is 4.58. The summed E-state index contributed by atoms with van der Waals surface area (Å²) in [6.07, 6.45) is 64.5. The smallest absolute Gasteiger partial charge is 0.306 e. The molecule has 2 unspecified atom stereocenters. The Balaban J connectivity index is 4.41. The fraction of sp³-hybridized carbons (Fsp3) is 0.683. The molecule has 0 saturated carbocycles. The standard InChI is InChI=1S/C60H101NO8/c1-6-8-10-12-14-16-18-20-22-24-25-26-27-28-29-30-31-32-33-35-37-39-41-43-45-47-49-51-58(63)69-56(55-68-60(59(64)65)66-53-52-61(3,4)5)54-67-57(62)50-48-46-44-42-40-38-36-34-23-21-19-17-15-13-11-9-7-2/h8,10,14,16,20,22,25-26,28-29,31-32,35,37,41,43,56,60H,6-7,9,11-13,15,17-19,21,23-24,27,30,33-34,36,38-40,42,44-55H2,1-5H3/b10-8-,16-14-,22-20-,26-25-,29-28-,32-31-,37-35-,43-41-.